The number of rotatable bonds is 34. The normalized spacial score (nSPS) is 14.8. The summed E-state index contributed by atoms with van der Waals surface area (Å²) in [5, 5.41) is 12.3. The number of ether oxygens (including phenoxy) is 4. The van der Waals surface area contributed by atoms with Crippen LogP contribution in [0.3, 0.4) is 0 Å². The van der Waals surface area contributed by atoms with Crippen molar-refractivity contribution in [1.29, 1.82) is 0 Å². The SMILES string of the molecule is CCCCCCCCCCCCCCCCCC(=O)NCCCCCC(=O)N1CC(OC(=O)CCC(=O)O)CC1C(OCc1ccccc1)(c1ccc(OC)cc1)c1ccc(OC)cc1. The van der Waals surface area contributed by atoms with Crippen molar-refractivity contribution in [3.05, 3.63) is 95.6 Å². The molecule has 11 heteroatoms. The van der Waals surface area contributed by atoms with Gasteiger partial charge in [0.2, 0.25) is 11.8 Å². The van der Waals surface area contributed by atoms with Crippen molar-refractivity contribution in [2.45, 2.75) is 179 Å². The van der Waals surface area contributed by atoms with Crippen molar-refractivity contribution >= 4 is 23.8 Å². The number of nitrogens with one attached hydrogen (secondary N) is 1. The number of carboxylic acids is 1. The lowest BCUT2D eigenvalue weighted by molar-refractivity contribution is -0.152. The summed E-state index contributed by atoms with van der Waals surface area (Å²) in [5.74, 6) is -0.418. The molecule has 1 aliphatic heterocycles. The third kappa shape index (κ3) is 18.5. The van der Waals surface area contributed by atoms with Gasteiger partial charge in [0, 0.05) is 25.8 Å². The summed E-state index contributed by atoms with van der Waals surface area (Å²) in [5.41, 5.74) is 1.25. The lowest BCUT2D eigenvalue weighted by atomic mass is 9.78. The van der Waals surface area contributed by atoms with Crippen molar-refractivity contribution in [3.8, 4) is 11.5 Å². The van der Waals surface area contributed by atoms with Gasteiger partial charge in [0.1, 0.15) is 23.2 Å². The highest BCUT2D eigenvalue weighted by Gasteiger charge is 2.52. The van der Waals surface area contributed by atoms with E-state index in [0.717, 1.165) is 42.4 Å². The molecule has 11 nitrogen and oxygen atoms in total. The van der Waals surface area contributed by atoms with Crippen molar-refractivity contribution in [3.63, 3.8) is 0 Å². The molecule has 2 atom stereocenters. The summed E-state index contributed by atoms with van der Waals surface area (Å²) in [6.07, 6.45) is 21.3. The summed E-state index contributed by atoms with van der Waals surface area (Å²) in [7, 11) is 3.21. The van der Waals surface area contributed by atoms with Crippen LogP contribution in [0.2, 0.25) is 0 Å². The molecule has 3 aromatic carbocycles. The molecule has 2 unspecified atom stereocenters. The van der Waals surface area contributed by atoms with Crippen LogP contribution in [0.1, 0.15) is 171 Å². The number of methoxy groups -OCH3 is 2. The Morgan fingerprint density at radius 3 is 1.66 bits per heavy atom. The molecule has 1 saturated heterocycles. The molecule has 65 heavy (non-hydrogen) atoms. The lowest BCUT2D eigenvalue weighted by Crippen LogP contribution is -2.52. The predicted molar refractivity (Wildman–Crippen MR) is 256 cm³/mol. The Labute approximate surface area is 389 Å². The second-order valence-electron chi connectivity index (χ2n) is 17.6. The summed E-state index contributed by atoms with van der Waals surface area (Å²) in [6.45, 7) is 3.17. The smallest absolute Gasteiger partial charge is 0.306 e. The number of carboxylic acid groups (broad SMARTS) is 1. The Morgan fingerprint density at radius 2 is 1.14 bits per heavy atom. The summed E-state index contributed by atoms with van der Waals surface area (Å²) in [4.78, 5) is 53.1. The fraction of sp³-hybridized carbons (Fsp3) is 0.593. The van der Waals surface area contributed by atoms with Gasteiger partial charge in [-0.3, -0.25) is 19.2 Å². The van der Waals surface area contributed by atoms with Gasteiger partial charge in [-0.15, -0.1) is 0 Å². The number of unbranched alkanes of at least 4 members (excludes halogenated alkanes) is 16. The topological polar surface area (TPSA) is 141 Å². The molecule has 358 valence electrons. The monoisotopic (exact) mass is 899 g/mol. The Kier molecular flexibility index (Phi) is 24.6. The largest absolute Gasteiger partial charge is 0.497 e. The summed E-state index contributed by atoms with van der Waals surface area (Å²) >= 11 is 0. The van der Waals surface area contributed by atoms with E-state index in [1.165, 1.54) is 83.5 Å². The average molecular weight is 899 g/mol. The van der Waals surface area contributed by atoms with E-state index in [2.05, 4.69) is 12.2 Å². The molecule has 2 N–H and O–H groups in total. The molecular formula is C54H78N2O9. The Hall–Kier alpha value is -4.90. The lowest BCUT2D eigenvalue weighted by Gasteiger charge is -2.44. The second-order valence-corrected chi connectivity index (χ2v) is 17.6. The molecule has 2 amide bonds. The number of carbonyl (C=O) groups excluding carboxylic acids is 3. The van der Waals surface area contributed by atoms with E-state index in [0.29, 0.717) is 30.9 Å². The quantitative estimate of drug-likeness (QED) is 0.0443. The molecular weight excluding hydrogens is 821 g/mol. The molecule has 3 aromatic rings. The number of esters is 1. The minimum atomic E-state index is -1.25. The van der Waals surface area contributed by atoms with Crippen LogP contribution in [0.4, 0.5) is 0 Å². The third-order valence-electron chi connectivity index (χ3n) is 12.6. The molecule has 0 aliphatic carbocycles. The van der Waals surface area contributed by atoms with E-state index in [1.807, 2.05) is 78.9 Å². The van der Waals surface area contributed by atoms with E-state index >= 15 is 0 Å². The Balaban J connectivity index is 1.35. The number of hydrogen-bond acceptors (Lipinski definition) is 8. The van der Waals surface area contributed by atoms with Gasteiger partial charge in [-0.25, -0.2) is 0 Å². The van der Waals surface area contributed by atoms with Crippen molar-refractivity contribution in [2.24, 2.45) is 0 Å². The van der Waals surface area contributed by atoms with E-state index in [9.17, 15) is 24.3 Å². The van der Waals surface area contributed by atoms with Crippen LogP contribution >= 0.6 is 0 Å². The first kappa shape index (κ1) is 52.7. The highest BCUT2D eigenvalue weighted by atomic mass is 16.5. The standard InChI is InChI=1S/C54H78N2O9/c1-4-5-6-7-8-9-10-11-12-13-14-15-16-17-22-27-50(57)55-39-24-19-23-28-51(58)56-41-48(65-53(61)38-37-52(59)60)40-49(56)54(44-29-33-46(62-2)34-30-44,45-31-35-47(63-3)36-32-45)64-42-43-25-20-18-21-26-43/h18,20-21,25-26,29-36,48-49H,4-17,19,22-24,27-28,37-42H2,1-3H3,(H,55,57)(H,59,60). The number of amides is 2. The maximum atomic E-state index is 14.5. The van der Waals surface area contributed by atoms with Crippen molar-refractivity contribution < 1.29 is 43.2 Å². The van der Waals surface area contributed by atoms with Crippen LogP contribution in [0.5, 0.6) is 11.5 Å². The minimum Gasteiger partial charge on any atom is -0.497 e. The molecule has 1 heterocycles. The van der Waals surface area contributed by atoms with Crippen molar-refractivity contribution in [1.82, 2.24) is 10.2 Å². The number of hydrogen-bond donors (Lipinski definition) is 2. The summed E-state index contributed by atoms with van der Waals surface area (Å²) in [6, 6.07) is 24.4. The average Bonchev–Trinajstić information content (AvgIpc) is 3.75. The maximum Gasteiger partial charge on any atom is 0.306 e. The van der Waals surface area contributed by atoms with Crippen LogP contribution in [-0.4, -0.2) is 73.2 Å². The molecule has 0 spiro atoms. The van der Waals surface area contributed by atoms with Crippen LogP contribution < -0.4 is 14.8 Å². The number of nitrogens with zero attached hydrogens (tertiary/aromatic N) is 1. The highest BCUT2D eigenvalue weighted by molar-refractivity contribution is 5.78. The van der Waals surface area contributed by atoms with E-state index in [1.54, 1.807) is 19.1 Å². The van der Waals surface area contributed by atoms with Crippen LogP contribution in [0, 0.1) is 0 Å². The molecule has 4 rings (SSSR count). The first-order valence-corrected chi connectivity index (χ1v) is 24.6. The number of likely N-dealkylation sites (tertiary alicyclic amines) is 1. The third-order valence-corrected chi connectivity index (χ3v) is 12.6. The number of benzene rings is 3. The minimum absolute atomic E-state index is 0.0866. The molecule has 1 fully saturated rings. The maximum absolute atomic E-state index is 14.5. The zero-order chi connectivity index (χ0) is 46.5. The number of aliphatic carboxylic acids is 1. The number of carbonyl (C=O) groups is 4. The van der Waals surface area contributed by atoms with Gasteiger partial charge < -0.3 is 34.3 Å². The van der Waals surface area contributed by atoms with Gasteiger partial charge >= 0.3 is 11.9 Å². The van der Waals surface area contributed by atoms with E-state index in [4.69, 9.17) is 18.9 Å². The molecule has 0 bridgehead atoms. The van der Waals surface area contributed by atoms with Gasteiger partial charge in [0.25, 0.3) is 0 Å². The van der Waals surface area contributed by atoms with Gasteiger partial charge in [-0.1, -0.05) is 158 Å². The van der Waals surface area contributed by atoms with Gasteiger partial charge in [-0.2, -0.15) is 0 Å². The first-order chi connectivity index (χ1) is 31.7. The van der Waals surface area contributed by atoms with E-state index < -0.39 is 29.7 Å². The fourth-order valence-corrected chi connectivity index (χ4v) is 8.96. The Morgan fingerprint density at radius 1 is 0.631 bits per heavy atom. The van der Waals surface area contributed by atoms with Gasteiger partial charge in [-0.05, 0) is 60.2 Å². The predicted octanol–water partition coefficient (Wildman–Crippen LogP) is 11.5. The van der Waals surface area contributed by atoms with Gasteiger partial charge in [0.05, 0.1) is 46.3 Å². The molecule has 0 saturated carbocycles. The highest BCUT2D eigenvalue weighted by Crippen LogP contribution is 2.46. The zero-order valence-electron chi connectivity index (χ0n) is 39.7. The summed E-state index contributed by atoms with van der Waals surface area (Å²) < 4.78 is 24.1. The van der Waals surface area contributed by atoms with E-state index in [-0.39, 0.29) is 50.6 Å². The molecule has 0 aromatic heterocycles. The zero-order valence-corrected chi connectivity index (χ0v) is 39.7. The molecule has 1 aliphatic rings. The van der Waals surface area contributed by atoms with Gasteiger partial charge in [0.15, 0.2) is 0 Å². The van der Waals surface area contributed by atoms with Crippen LogP contribution in [0.15, 0.2) is 78.9 Å². The fourth-order valence-electron chi connectivity index (χ4n) is 8.96. The van der Waals surface area contributed by atoms with Crippen LogP contribution in [-0.2, 0) is 40.9 Å². The van der Waals surface area contributed by atoms with Crippen LogP contribution in [0.25, 0.3) is 0 Å². The Bertz CT molecular complexity index is 1750. The molecule has 0 radical (unpaired) electrons. The first-order valence-electron chi connectivity index (χ1n) is 24.6. The second kappa shape index (κ2) is 30.3. The van der Waals surface area contributed by atoms with Crippen molar-refractivity contribution in [2.75, 3.05) is 27.3 Å².